The van der Waals surface area contributed by atoms with Crippen LogP contribution in [0.2, 0.25) is 0 Å². The van der Waals surface area contributed by atoms with E-state index in [1.807, 2.05) is 24.3 Å². The monoisotopic (exact) mass is 236 g/mol. The third kappa shape index (κ3) is 1.68. The van der Waals surface area contributed by atoms with Crippen LogP contribution >= 0.6 is 0 Å². The minimum absolute atomic E-state index is 0.0599. The number of fused-ring (bicyclic) bond motifs is 2. The van der Waals surface area contributed by atoms with Crippen LogP contribution in [0.1, 0.15) is 24.0 Å². The number of hydrogen-bond donors (Lipinski definition) is 2. The lowest BCUT2D eigenvalue weighted by Crippen LogP contribution is -2.29. The first-order chi connectivity index (χ1) is 8.18. The Kier molecular flexibility index (Phi) is 2.31. The molecule has 0 bridgehead atoms. The van der Waals surface area contributed by atoms with Crippen LogP contribution in [0, 0.1) is 0 Å². The van der Waals surface area contributed by atoms with Crippen molar-refractivity contribution in [1.82, 2.24) is 10.6 Å². The zero-order valence-corrected chi connectivity index (χ0v) is 9.39. The summed E-state index contributed by atoms with van der Waals surface area (Å²) in [6.45, 7) is 0.384. The fourth-order valence-corrected chi connectivity index (χ4v) is 2.55. The van der Waals surface area contributed by atoms with Gasteiger partial charge in [-0.25, -0.2) is 0 Å². The van der Waals surface area contributed by atoms with Crippen LogP contribution in [-0.4, -0.2) is 12.6 Å². The summed E-state index contributed by atoms with van der Waals surface area (Å²) in [7, 11) is 0. The van der Waals surface area contributed by atoms with E-state index in [0.29, 0.717) is 25.2 Å². The second-order valence-electron chi connectivity index (χ2n) is 4.50. The predicted molar refractivity (Wildman–Crippen MR) is 62.4 cm³/mol. The summed E-state index contributed by atoms with van der Waals surface area (Å²) in [5.74, 6) is -2.74. The highest BCUT2D eigenvalue weighted by Gasteiger charge is 2.40. The van der Waals surface area contributed by atoms with Crippen molar-refractivity contribution >= 4 is 5.70 Å². The van der Waals surface area contributed by atoms with Crippen LogP contribution in [0.15, 0.2) is 30.0 Å². The van der Waals surface area contributed by atoms with Gasteiger partial charge < -0.3 is 10.6 Å². The standard InChI is InChI=1S/C13H14F2N2/c14-13(15)7-3-5-9-4-1-2-6-10(9)11-12(13)17-8-16-11/h1-2,4,6,16-17H,3,5,7-8H2. The predicted octanol–water partition coefficient (Wildman–Crippen LogP) is 2.48. The van der Waals surface area contributed by atoms with Gasteiger partial charge in [-0.05, 0) is 18.4 Å². The van der Waals surface area contributed by atoms with Crippen LogP contribution in [-0.2, 0) is 6.42 Å². The maximum absolute atomic E-state index is 13.9. The van der Waals surface area contributed by atoms with E-state index in [2.05, 4.69) is 10.6 Å². The molecule has 1 aliphatic carbocycles. The second-order valence-corrected chi connectivity index (χ2v) is 4.50. The number of benzene rings is 1. The molecule has 2 nitrogen and oxygen atoms in total. The molecule has 0 fully saturated rings. The molecule has 4 heteroatoms. The summed E-state index contributed by atoms with van der Waals surface area (Å²) in [6, 6.07) is 7.78. The Bertz CT molecular complexity index is 480. The topological polar surface area (TPSA) is 24.1 Å². The second kappa shape index (κ2) is 3.72. The SMILES string of the molecule is FC1(F)CCCc2ccccc2C2=C1NCN2. The zero-order valence-electron chi connectivity index (χ0n) is 9.39. The van der Waals surface area contributed by atoms with Gasteiger partial charge in [0.1, 0.15) is 5.70 Å². The highest BCUT2D eigenvalue weighted by Crippen LogP contribution is 2.37. The van der Waals surface area contributed by atoms with Crippen molar-refractivity contribution in [3.05, 3.63) is 41.1 Å². The smallest absolute Gasteiger partial charge is 0.289 e. The molecule has 0 saturated heterocycles. The van der Waals surface area contributed by atoms with E-state index in [1.54, 1.807) is 0 Å². The number of hydrogen-bond acceptors (Lipinski definition) is 2. The highest BCUT2D eigenvalue weighted by molar-refractivity contribution is 5.72. The molecule has 1 aromatic rings. The Morgan fingerprint density at radius 2 is 1.94 bits per heavy atom. The van der Waals surface area contributed by atoms with Gasteiger partial charge in [0, 0.05) is 12.0 Å². The van der Waals surface area contributed by atoms with Crippen molar-refractivity contribution in [2.75, 3.05) is 6.67 Å². The van der Waals surface area contributed by atoms with Crippen molar-refractivity contribution in [3.63, 3.8) is 0 Å². The molecule has 0 aromatic heterocycles. The van der Waals surface area contributed by atoms with Gasteiger partial charge >= 0.3 is 0 Å². The van der Waals surface area contributed by atoms with Crippen molar-refractivity contribution in [3.8, 4) is 0 Å². The first kappa shape index (κ1) is 10.6. The van der Waals surface area contributed by atoms with E-state index in [4.69, 9.17) is 0 Å². The van der Waals surface area contributed by atoms with E-state index < -0.39 is 5.92 Å². The van der Waals surface area contributed by atoms with Gasteiger partial charge in [0.15, 0.2) is 0 Å². The van der Waals surface area contributed by atoms with Gasteiger partial charge in [0.2, 0.25) is 0 Å². The van der Waals surface area contributed by atoms with Gasteiger partial charge in [-0.3, -0.25) is 0 Å². The molecule has 1 heterocycles. The largest absolute Gasteiger partial charge is 0.366 e. The summed E-state index contributed by atoms with van der Waals surface area (Å²) in [4.78, 5) is 0. The highest BCUT2D eigenvalue weighted by atomic mass is 19.3. The van der Waals surface area contributed by atoms with Crippen molar-refractivity contribution in [2.24, 2.45) is 0 Å². The van der Waals surface area contributed by atoms with Crippen LogP contribution in [0.5, 0.6) is 0 Å². The third-order valence-corrected chi connectivity index (χ3v) is 3.37. The number of rotatable bonds is 0. The quantitative estimate of drug-likeness (QED) is 0.723. The molecule has 0 unspecified atom stereocenters. The van der Waals surface area contributed by atoms with Gasteiger partial charge in [-0.2, -0.15) is 8.78 Å². The molecule has 0 saturated carbocycles. The van der Waals surface area contributed by atoms with E-state index in [-0.39, 0.29) is 12.1 Å². The first-order valence-electron chi connectivity index (χ1n) is 5.87. The third-order valence-electron chi connectivity index (χ3n) is 3.37. The fraction of sp³-hybridized carbons (Fsp3) is 0.385. The number of alkyl halides is 2. The van der Waals surface area contributed by atoms with Gasteiger partial charge in [0.05, 0.1) is 12.4 Å². The summed E-state index contributed by atoms with van der Waals surface area (Å²) in [6.07, 6.45) is 1.14. The van der Waals surface area contributed by atoms with E-state index in [0.717, 1.165) is 11.1 Å². The van der Waals surface area contributed by atoms with Crippen LogP contribution < -0.4 is 10.6 Å². The Morgan fingerprint density at radius 1 is 1.12 bits per heavy atom. The van der Waals surface area contributed by atoms with E-state index in [9.17, 15) is 8.78 Å². The molecule has 90 valence electrons. The molecular weight excluding hydrogens is 222 g/mol. The number of nitrogens with one attached hydrogen (secondary N) is 2. The first-order valence-corrected chi connectivity index (χ1v) is 5.87. The lowest BCUT2D eigenvalue weighted by atomic mass is 9.93. The normalized spacial score (nSPS) is 21.8. The molecule has 1 aromatic carbocycles. The minimum atomic E-state index is -2.74. The number of halogens is 2. The summed E-state index contributed by atoms with van der Waals surface area (Å²) >= 11 is 0. The Morgan fingerprint density at radius 3 is 2.82 bits per heavy atom. The number of allylic oxidation sites excluding steroid dienone is 1. The van der Waals surface area contributed by atoms with Crippen molar-refractivity contribution in [2.45, 2.75) is 25.2 Å². The van der Waals surface area contributed by atoms with E-state index >= 15 is 0 Å². The maximum atomic E-state index is 13.9. The molecule has 0 amide bonds. The average Bonchev–Trinajstić information content (AvgIpc) is 2.77. The Hall–Kier alpha value is -1.58. The average molecular weight is 236 g/mol. The van der Waals surface area contributed by atoms with Crippen molar-refractivity contribution in [1.29, 1.82) is 0 Å². The van der Waals surface area contributed by atoms with Crippen LogP contribution in [0.4, 0.5) is 8.78 Å². The molecular formula is C13H14F2N2. The van der Waals surface area contributed by atoms with Gasteiger partial charge in [-0.15, -0.1) is 0 Å². The van der Waals surface area contributed by atoms with Crippen molar-refractivity contribution < 1.29 is 8.78 Å². The fourth-order valence-electron chi connectivity index (χ4n) is 2.55. The van der Waals surface area contributed by atoms with Gasteiger partial charge in [0.25, 0.3) is 5.92 Å². The van der Waals surface area contributed by atoms with Crippen LogP contribution in [0.25, 0.3) is 5.70 Å². The molecule has 0 spiro atoms. The number of aryl methyl sites for hydroxylation is 1. The lowest BCUT2D eigenvalue weighted by Gasteiger charge is -2.23. The van der Waals surface area contributed by atoms with E-state index in [1.165, 1.54) is 0 Å². The Balaban J connectivity index is 2.19. The molecule has 0 radical (unpaired) electrons. The molecule has 0 atom stereocenters. The molecule has 17 heavy (non-hydrogen) atoms. The molecule has 1 aliphatic heterocycles. The molecule has 3 rings (SSSR count). The Labute approximate surface area is 98.7 Å². The summed E-state index contributed by atoms with van der Waals surface area (Å²) in [5, 5.41) is 5.80. The van der Waals surface area contributed by atoms with Crippen LogP contribution in [0.3, 0.4) is 0 Å². The van der Waals surface area contributed by atoms with Gasteiger partial charge in [-0.1, -0.05) is 24.3 Å². The lowest BCUT2D eigenvalue weighted by molar-refractivity contribution is 0.0252. The summed E-state index contributed by atoms with van der Waals surface area (Å²) in [5.41, 5.74) is 2.69. The maximum Gasteiger partial charge on any atom is 0.289 e. The summed E-state index contributed by atoms with van der Waals surface area (Å²) < 4.78 is 27.9. The molecule has 2 N–H and O–H groups in total. The minimum Gasteiger partial charge on any atom is -0.366 e. The zero-order chi connectivity index (χ0) is 11.9. The molecule has 2 aliphatic rings.